The Morgan fingerprint density at radius 2 is 1.91 bits per heavy atom. The van der Waals surface area contributed by atoms with Gasteiger partial charge in [-0.05, 0) is 18.6 Å². The number of hydrogen-bond acceptors (Lipinski definition) is 4. The van der Waals surface area contributed by atoms with Crippen LogP contribution in [0.15, 0.2) is 63.8 Å². The Balaban J connectivity index is 2.18. The zero-order chi connectivity index (χ0) is 15.9. The third kappa shape index (κ3) is 3.82. The number of rotatable bonds is 5. The largest absolute Gasteiger partial charge is 0.496 e. The average molecular weight is 296 g/mol. The predicted molar refractivity (Wildman–Crippen MR) is 85.2 cm³/mol. The average Bonchev–Trinajstić information content (AvgIpc) is 2.51. The van der Waals surface area contributed by atoms with Crippen LogP contribution in [0.1, 0.15) is 21.7 Å². The van der Waals surface area contributed by atoms with Crippen molar-refractivity contribution in [2.75, 3.05) is 7.11 Å². The van der Waals surface area contributed by atoms with Crippen LogP contribution in [0.2, 0.25) is 0 Å². The molecule has 1 heterocycles. The van der Waals surface area contributed by atoms with Crippen molar-refractivity contribution in [3.63, 3.8) is 0 Å². The van der Waals surface area contributed by atoms with Gasteiger partial charge in [-0.2, -0.15) is 0 Å². The molecule has 2 aromatic rings. The number of allylic oxidation sites excluding steroid dienone is 3. The van der Waals surface area contributed by atoms with Gasteiger partial charge in [0.05, 0.1) is 7.11 Å². The fourth-order valence-electron chi connectivity index (χ4n) is 1.92. The smallest absolute Gasteiger partial charge is 0.351 e. The van der Waals surface area contributed by atoms with Crippen LogP contribution in [0.5, 0.6) is 5.75 Å². The third-order valence-electron chi connectivity index (χ3n) is 2.95. The van der Waals surface area contributed by atoms with Crippen molar-refractivity contribution >= 4 is 11.9 Å². The summed E-state index contributed by atoms with van der Waals surface area (Å²) in [6, 6.07) is 11.2. The summed E-state index contributed by atoms with van der Waals surface area (Å²) in [4.78, 5) is 23.9. The molecule has 0 spiro atoms. The molecule has 112 valence electrons. The molecule has 1 aromatic carbocycles. The quantitative estimate of drug-likeness (QED) is 0.482. The first-order chi connectivity index (χ1) is 10.6. The Morgan fingerprint density at radius 3 is 2.59 bits per heavy atom. The molecule has 0 fully saturated rings. The molecular formula is C18H16O4. The van der Waals surface area contributed by atoms with Crippen LogP contribution in [-0.2, 0) is 0 Å². The summed E-state index contributed by atoms with van der Waals surface area (Å²) in [5, 5.41) is 0. The van der Waals surface area contributed by atoms with Gasteiger partial charge in [0, 0.05) is 6.07 Å². The van der Waals surface area contributed by atoms with E-state index in [0.717, 1.165) is 5.56 Å². The molecule has 0 unspecified atom stereocenters. The lowest BCUT2D eigenvalue weighted by Gasteiger charge is -2.04. The minimum absolute atomic E-state index is 0.0996. The molecular weight excluding hydrogens is 280 g/mol. The second kappa shape index (κ2) is 7.22. The van der Waals surface area contributed by atoms with Crippen LogP contribution >= 0.6 is 0 Å². The third-order valence-corrected chi connectivity index (χ3v) is 2.95. The van der Waals surface area contributed by atoms with Gasteiger partial charge in [-0.25, -0.2) is 4.79 Å². The molecule has 0 N–H and O–H groups in total. The molecule has 0 radical (unpaired) electrons. The van der Waals surface area contributed by atoms with Gasteiger partial charge in [0.2, 0.25) is 0 Å². The van der Waals surface area contributed by atoms with E-state index >= 15 is 0 Å². The van der Waals surface area contributed by atoms with Crippen molar-refractivity contribution in [3.05, 3.63) is 81.9 Å². The molecule has 0 aliphatic heterocycles. The normalized spacial score (nSPS) is 11.2. The van der Waals surface area contributed by atoms with Crippen LogP contribution in [0, 0.1) is 6.92 Å². The highest BCUT2D eigenvalue weighted by Crippen LogP contribution is 2.17. The highest BCUT2D eigenvalue weighted by molar-refractivity contribution is 6.06. The van der Waals surface area contributed by atoms with Crippen LogP contribution in [0.25, 0.3) is 6.08 Å². The van der Waals surface area contributed by atoms with Crippen molar-refractivity contribution in [1.82, 2.24) is 0 Å². The van der Waals surface area contributed by atoms with Crippen molar-refractivity contribution in [2.45, 2.75) is 6.92 Å². The summed E-state index contributed by atoms with van der Waals surface area (Å²) < 4.78 is 10.0. The monoisotopic (exact) mass is 296 g/mol. The first-order valence-electron chi connectivity index (χ1n) is 6.74. The predicted octanol–water partition coefficient (Wildman–Crippen LogP) is 3.41. The molecule has 0 amide bonds. The maximum absolute atomic E-state index is 12.1. The Morgan fingerprint density at radius 1 is 1.18 bits per heavy atom. The van der Waals surface area contributed by atoms with Crippen molar-refractivity contribution in [2.24, 2.45) is 0 Å². The molecule has 1 aromatic heterocycles. The highest BCUT2D eigenvalue weighted by atomic mass is 16.5. The molecule has 0 bridgehead atoms. The fraction of sp³-hybridized carbons (Fsp3) is 0.111. The van der Waals surface area contributed by atoms with E-state index in [4.69, 9.17) is 9.15 Å². The van der Waals surface area contributed by atoms with E-state index in [-0.39, 0.29) is 11.3 Å². The lowest BCUT2D eigenvalue weighted by Crippen LogP contribution is -2.14. The second-order valence-corrected chi connectivity index (χ2v) is 4.58. The first kappa shape index (κ1) is 15.5. The summed E-state index contributed by atoms with van der Waals surface area (Å²) in [6.45, 7) is 1.62. The minimum atomic E-state index is -0.696. The minimum Gasteiger partial charge on any atom is -0.496 e. The summed E-state index contributed by atoms with van der Waals surface area (Å²) in [5.41, 5.74) is 0.225. The second-order valence-electron chi connectivity index (χ2n) is 4.58. The topological polar surface area (TPSA) is 56.5 Å². The highest BCUT2D eigenvalue weighted by Gasteiger charge is 2.16. The van der Waals surface area contributed by atoms with Gasteiger partial charge >= 0.3 is 5.63 Å². The van der Waals surface area contributed by atoms with E-state index in [1.165, 1.54) is 19.3 Å². The summed E-state index contributed by atoms with van der Waals surface area (Å²) >= 11 is 0. The molecule has 0 aliphatic carbocycles. The standard InChI is InChI=1S/C18H16O4/c1-13-12-16(21-2)17(18(20)22-13)15(19)11-7-6-10-14-8-4-3-5-9-14/h3-12H,1-2H3/b10-6+,11-7+. The molecule has 2 rings (SSSR count). The molecule has 4 nitrogen and oxygen atoms in total. The first-order valence-corrected chi connectivity index (χ1v) is 6.74. The number of carbonyl (C=O) groups is 1. The van der Waals surface area contributed by atoms with Gasteiger partial charge in [0.25, 0.3) is 0 Å². The molecule has 4 heteroatoms. The molecule has 22 heavy (non-hydrogen) atoms. The fourth-order valence-corrected chi connectivity index (χ4v) is 1.92. The van der Waals surface area contributed by atoms with Crippen LogP contribution in [-0.4, -0.2) is 12.9 Å². The number of methoxy groups -OCH3 is 1. The molecule has 0 saturated heterocycles. The van der Waals surface area contributed by atoms with Gasteiger partial charge in [0.15, 0.2) is 5.78 Å². The van der Waals surface area contributed by atoms with Crippen LogP contribution < -0.4 is 10.4 Å². The van der Waals surface area contributed by atoms with E-state index in [1.54, 1.807) is 19.1 Å². The SMILES string of the molecule is COc1cc(C)oc(=O)c1C(=O)/C=C/C=C/c1ccccc1. The Kier molecular flexibility index (Phi) is 5.09. The van der Waals surface area contributed by atoms with E-state index in [2.05, 4.69) is 0 Å². The Bertz CT molecular complexity index is 767. The summed E-state index contributed by atoms with van der Waals surface area (Å²) in [5.74, 6) is 0.158. The molecule has 0 atom stereocenters. The number of carbonyl (C=O) groups excluding carboxylic acids is 1. The summed E-state index contributed by atoms with van der Waals surface area (Å²) in [7, 11) is 1.41. The van der Waals surface area contributed by atoms with E-state index in [1.807, 2.05) is 36.4 Å². The van der Waals surface area contributed by atoms with Gasteiger partial charge in [-0.15, -0.1) is 0 Å². The maximum atomic E-state index is 12.1. The van der Waals surface area contributed by atoms with Crippen LogP contribution in [0.4, 0.5) is 0 Å². The lowest BCUT2D eigenvalue weighted by atomic mass is 10.1. The lowest BCUT2D eigenvalue weighted by molar-refractivity contribution is 0.104. The summed E-state index contributed by atoms with van der Waals surface area (Å²) in [6.07, 6.45) is 6.48. The molecule has 0 saturated carbocycles. The van der Waals surface area contributed by atoms with Crippen molar-refractivity contribution in [1.29, 1.82) is 0 Å². The number of benzene rings is 1. The van der Waals surface area contributed by atoms with Gasteiger partial charge in [-0.3, -0.25) is 4.79 Å². The van der Waals surface area contributed by atoms with Gasteiger partial charge < -0.3 is 9.15 Å². The number of ketones is 1. The van der Waals surface area contributed by atoms with Crippen molar-refractivity contribution < 1.29 is 13.9 Å². The van der Waals surface area contributed by atoms with Crippen molar-refractivity contribution in [3.8, 4) is 5.75 Å². The molecule has 0 aliphatic rings. The van der Waals surface area contributed by atoms with E-state index in [0.29, 0.717) is 5.76 Å². The van der Waals surface area contributed by atoms with Crippen LogP contribution in [0.3, 0.4) is 0 Å². The van der Waals surface area contributed by atoms with E-state index < -0.39 is 11.4 Å². The maximum Gasteiger partial charge on any atom is 0.351 e. The van der Waals surface area contributed by atoms with E-state index in [9.17, 15) is 9.59 Å². The zero-order valence-electron chi connectivity index (χ0n) is 12.4. The zero-order valence-corrected chi connectivity index (χ0v) is 12.4. The number of aryl methyl sites for hydroxylation is 1. The van der Waals surface area contributed by atoms with Gasteiger partial charge in [-0.1, -0.05) is 48.6 Å². The number of ether oxygens (including phenoxy) is 1. The Hall–Kier alpha value is -2.88. The number of hydrogen-bond donors (Lipinski definition) is 0. The van der Waals surface area contributed by atoms with Gasteiger partial charge in [0.1, 0.15) is 17.1 Å². The Labute approximate surface area is 128 Å².